The van der Waals surface area contributed by atoms with Gasteiger partial charge in [-0.25, -0.2) is 0 Å². The Morgan fingerprint density at radius 3 is 2.10 bits per heavy atom. The zero-order valence-electron chi connectivity index (χ0n) is 13.5. The molecule has 0 bridgehead atoms. The van der Waals surface area contributed by atoms with Crippen LogP contribution in [0.25, 0.3) is 0 Å². The van der Waals surface area contributed by atoms with Gasteiger partial charge >= 0.3 is 11.9 Å². The second-order valence-electron chi connectivity index (χ2n) is 6.25. The van der Waals surface area contributed by atoms with Crippen LogP contribution >= 0.6 is 0 Å². The summed E-state index contributed by atoms with van der Waals surface area (Å²) in [6, 6.07) is 0. The molecule has 122 valence electrons. The van der Waals surface area contributed by atoms with Crippen molar-refractivity contribution in [3.63, 3.8) is 0 Å². The summed E-state index contributed by atoms with van der Waals surface area (Å²) < 4.78 is 5.20. The van der Waals surface area contributed by atoms with Crippen molar-refractivity contribution in [2.45, 2.75) is 84.2 Å². The first-order valence-corrected chi connectivity index (χ1v) is 8.51. The van der Waals surface area contributed by atoms with E-state index in [2.05, 4.69) is 6.92 Å². The Bertz CT molecular complexity index is 327. The second-order valence-corrected chi connectivity index (χ2v) is 6.25. The van der Waals surface area contributed by atoms with Gasteiger partial charge in [-0.05, 0) is 12.8 Å². The molecule has 0 spiro atoms. The Kier molecular flexibility index (Phi) is 8.40. The SMILES string of the molecule is CCCCCCCCCCC[C@H]1OC(=O)[C@@H](C)[C@@H]1C(=O)O. The van der Waals surface area contributed by atoms with Crippen molar-refractivity contribution < 1.29 is 19.4 Å². The lowest BCUT2D eigenvalue weighted by Gasteiger charge is -2.15. The second kappa shape index (κ2) is 9.80. The maximum atomic E-state index is 11.5. The Labute approximate surface area is 128 Å². The van der Waals surface area contributed by atoms with Crippen LogP contribution in [0.1, 0.15) is 78.1 Å². The van der Waals surface area contributed by atoms with E-state index in [4.69, 9.17) is 4.74 Å². The first-order chi connectivity index (χ1) is 10.1. The highest BCUT2D eigenvalue weighted by molar-refractivity contribution is 5.84. The lowest BCUT2D eigenvalue weighted by atomic mass is 9.89. The molecule has 1 heterocycles. The van der Waals surface area contributed by atoms with Crippen LogP contribution in [0.15, 0.2) is 0 Å². The van der Waals surface area contributed by atoms with Crippen molar-refractivity contribution in [1.82, 2.24) is 0 Å². The van der Waals surface area contributed by atoms with E-state index in [9.17, 15) is 14.7 Å². The minimum atomic E-state index is -0.908. The Balaban J connectivity index is 2.09. The van der Waals surface area contributed by atoms with Crippen molar-refractivity contribution in [1.29, 1.82) is 0 Å². The van der Waals surface area contributed by atoms with Gasteiger partial charge in [-0.1, -0.05) is 65.2 Å². The average molecular weight is 298 g/mol. The van der Waals surface area contributed by atoms with Crippen LogP contribution in [0.5, 0.6) is 0 Å². The first-order valence-electron chi connectivity index (χ1n) is 8.51. The lowest BCUT2D eigenvalue weighted by molar-refractivity contribution is -0.144. The van der Waals surface area contributed by atoms with E-state index >= 15 is 0 Å². The number of carbonyl (C=O) groups is 2. The van der Waals surface area contributed by atoms with Crippen LogP contribution in [-0.4, -0.2) is 23.1 Å². The van der Waals surface area contributed by atoms with E-state index in [-0.39, 0.29) is 5.97 Å². The normalized spacial score (nSPS) is 25.0. The predicted molar refractivity (Wildman–Crippen MR) is 82.0 cm³/mol. The molecule has 1 fully saturated rings. The van der Waals surface area contributed by atoms with Crippen LogP contribution in [0.4, 0.5) is 0 Å². The molecular formula is C17H30O4. The molecule has 0 aromatic rings. The number of unbranched alkanes of at least 4 members (excludes halogenated alkanes) is 8. The molecule has 0 saturated carbocycles. The highest BCUT2D eigenvalue weighted by Crippen LogP contribution is 2.31. The number of cyclic esters (lactones) is 1. The molecule has 4 heteroatoms. The van der Waals surface area contributed by atoms with Crippen LogP contribution in [0.2, 0.25) is 0 Å². The van der Waals surface area contributed by atoms with Crippen molar-refractivity contribution in [3.8, 4) is 0 Å². The smallest absolute Gasteiger partial charge is 0.311 e. The summed E-state index contributed by atoms with van der Waals surface area (Å²) >= 11 is 0. The Hall–Kier alpha value is -1.06. The predicted octanol–water partition coefficient (Wildman–Crippen LogP) is 4.17. The number of aliphatic carboxylic acids is 1. The fourth-order valence-electron chi connectivity index (χ4n) is 3.07. The molecule has 1 aliphatic rings. The largest absolute Gasteiger partial charge is 0.481 e. The standard InChI is InChI=1S/C17H30O4/c1-3-4-5-6-7-8-9-10-11-12-14-15(16(18)19)13(2)17(20)21-14/h13-15H,3-12H2,1-2H3,(H,18,19)/t13-,14+,15-/m0/s1. The molecule has 0 aromatic heterocycles. The lowest BCUT2D eigenvalue weighted by Crippen LogP contribution is -2.27. The van der Waals surface area contributed by atoms with Gasteiger partial charge in [-0.3, -0.25) is 9.59 Å². The summed E-state index contributed by atoms with van der Waals surface area (Å²) in [7, 11) is 0. The first kappa shape index (κ1) is 18.0. The third kappa shape index (κ3) is 6.06. The summed E-state index contributed by atoms with van der Waals surface area (Å²) in [6.45, 7) is 3.87. The quantitative estimate of drug-likeness (QED) is 0.459. The zero-order valence-corrected chi connectivity index (χ0v) is 13.5. The molecule has 0 amide bonds. The van der Waals surface area contributed by atoms with Gasteiger partial charge in [0.15, 0.2) is 0 Å². The maximum absolute atomic E-state index is 11.5. The number of rotatable bonds is 11. The van der Waals surface area contributed by atoms with E-state index in [1.54, 1.807) is 6.92 Å². The number of carbonyl (C=O) groups excluding carboxylic acids is 1. The summed E-state index contributed by atoms with van der Waals surface area (Å²) in [5.74, 6) is -2.43. The van der Waals surface area contributed by atoms with Gasteiger partial charge in [-0.15, -0.1) is 0 Å². The Morgan fingerprint density at radius 2 is 1.57 bits per heavy atom. The van der Waals surface area contributed by atoms with Crippen LogP contribution in [0.3, 0.4) is 0 Å². The molecule has 1 aliphatic heterocycles. The van der Waals surface area contributed by atoms with Gasteiger partial charge in [-0.2, -0.15) is 0 Å². The van der Waals surface area contributed by atoms with Crippen molar-refractivity contribution >= 4 is 11.9 Å². The Morgan fingerprint density at radius 1 is 1.05 bits per heavy atom. The molecule has 0 aliphatic carbocycles. The fourth-order valence-corrected chi connectivity index (χ4v) is 3.07. The fraction of sp³-hybridized carbons (Fsp3) is 0.882. The van der Waals surface area contributed by atoms with E-state index in [1.807, 2.05) is 0 Å². The number of esters is 1. The molecule has 0 aromatic carbocycles. The summed E-state index contributed by atoms with van der Waals surface area (Å²) in [6.07, 6.45) is 11.3. The van der Waals surface area contributed by atoms with Gasteiger partial charge in [0.2, 0.25) is 0 Å². The van der Waals surface area contributed by atoms with E-state index < -0.39 is 23.9 Å². The van der Waals surface area contributed by atoms with E-state index in [1.165, 1.54) is 44.9 Å². The number of carboxylic acids is 1. The monoisotopic (exact) mass is 298 g/mol. The zero-order chi connectivity index (χ0) is 15.7. The van der Waals surface area contributed by atoms with Gasteiger partial charge in [0.25, 0.3) is 0 Å². The van der Waals surface area contributed by atoms with Crippen molar-refractivity contribution in [2.24, 2.45) is 11.8 Å². The van der Waals surface area contributed by atoms with Gasteiger partial charge < -0.3 is 9.84 Å². The van der Waals surface area contributed by atoms with Crippen molar-refractivity contribution in [3.05, 3.63) is 0 Å². The number of carboxylic acid groups (broad SMARTS) is 1. The van der Waals surface area contributed by atoms with Gasteiger partial charge in [0.1, 0.15) is 12.0 Å². The number of ether oxygens (including phenoxy) is 1. The average Bonchev–Trinajstić information content (AvgIpc) is 2.72. The molecular weight excluding hydrogens is 268 g/mol. The minimum Gasteiger partial charge on any atom is -0.481 e. The van der Waals surface area contributed by atoms with Gasteiger partial charge in [0.05, 0.1) is 5.92 Å². The highest BCUT2D eigenvalue weighted by atomic mass is 16.6. The summed E-state index contributed by atoms with van der Waals surface area (Å²) in [5.41, 5.74) is 0. The van der Waals surface area contributed by atoms with Crippen LogP contribution in [-0.2, 0) is 14.3 Å². The minimum absolute atomic E-state index is 0.358. The maximum Gasteiger partial charge on any atom is 0.311 e. The molecule has 4 nitrogen and oxygen atoms in total. The highest BCUT2D eigenvalue weighted by Gasteiger charge is 2.45. The van der Waals surface area contributed by atoms with Crippen LogP contribution in [0, 0.1) is 11.8 Å². The molecule has 1 rings (SSSR count). The number of hydrogen-bond acceptors (Lipinski definition) is 3. The topological polar surface area (TPSA) is 63.6 Å². The van der Waals surface area contributed by atoms with E-state index in [0.29, 0.717) is 6.42 Å². The third-order valence-electron chi connectivity index (χ3n) is 4.46. The molecule has 1 N–H and O–H groups in total. The van der Waals surface area contributed by atoms with Crippen LogP contribution < -0.4 is 0 Å². The van der Waals surface area contributed by atoms with E-state index in [0.717, 1.165) is 12.8 Å². The molecule has 21 heavy (non-hydrogen) atoms. The summed E-state index contributed by atoms with van der Waals surface area (Å²) in [5, 5.41) is 9.18. The number of hydrogen-bond donors (Lipinski definition) is 1. The van der Waals surface area contributed by atoms with Gasteiger partial charge in [0, 0.05) is 0 Å². The molecule has 0 unspecified atom stereocenters. The molecule has 1 saturated heterocycles. The molecule has 3 atom stereocenters. The summed E-state index contributed by atoms with van der Waals surface area (Å²) in [4.78, 5) is 22.7. The van der Waals surface area contributed by atoms with Crippen molar-refractivity contribution in [2.75, 3.05) is 0 Å². The third-order valence-corrected chi connectivity index (χ3v) is 4.46. The molecule has 0 radical (unpaired) electrons.